The molecule has 136 valence electrons. The van der Waals surface area contributed by atoms with Gasteiger partial charge in [0.2, 0.25) is 0 Å². The van der Waals surface area contributed by atoms with Crippen molar-refractivity contribution >= 4 is 35.0 Å². The Balaban J connectivity index is 0.00000156. The van der Waals surface area contributed by atoms with Gasteiger partial charge < -0.3 is 0 Å². The Bertz CT molecular complexity index is 824. The fourth-order valence-corrected chi connectivity index (χ4v) is 20.3. The molecule has 0 aliphatic heterocycles. The first-order valence-corrected chi connectivity index (χ1v) is 20.6. The number of hydrogen-bond acceptors (Lipinski definition) is 0. The molecular weight excluding hydrogens is 442 g/mol. The molecule has 1 aromatic carbocycles. The summed E-state index contributed by atoms with van der Waals surface area (Å²) >= 11 is -3.37. The van der Waals surface area contributed by atoms with Crippen molar-refractivity contribution in [3.8, 4) is 0 Å². The zero-order chi connectivity index (χ0) is 16.9. The minimum atomic E-state index is -3.37. The summed E-state index contributed by atoms with van der Waals surface area (Å²) in [5.41, 5.74) is 6.10. The van der Waals surface area contributed by atoms with Crippen LogP contribution in [0.2, 0.25) is 4.63 Å². The Morgan fingerprint density at radius 3 is 1.48 bits per heavy atom. The first-order chi connectivity index (χ1) is 10.7. The van der Waals surface area contributed by atoms with Crippen molar-refractivity contribution in [1.29, 1.82) is 0 Å². The SMILES string of the molecule is CC1=C(C)C[C]([Zr]([CH3])(=[SiH2])([C]2=CC(C)=C(C)C2)[c]2ccccc2)=C1.Cl.Cl. The van der Waals surface area contributed by atoms with Crippen LogP contribution in [-0.4, -0.2) is 6.88 Å². The van der Waals surface area contributed by atoms with Crippen LogP contribution in [0.5, 0.6) is 0 Å². The van der Waals surface area contributed by atoms with E-state index in [1.807, 2.05) is 0 Å². The topological polar surface area (TPSA) is 0 Å². The van der Waals surface area contributed by atoms with Crippen molar-refractivity contribution in [2.45, 2.75) is 45.2 Å². The van der Waals surface area contributed by atoms with Crippen molar-refractivity contribution in [1.82, 2.24) is 0 Å². The zero-order valence-electron chi connectivity index (χ0n) is 16.0. The molecular formula is C21H30Cl2SiZr. The van der Waals surface area contributed by atoms with Crippen LogP contribution < -0.4 is 3.27 Å². The first kappa shape index (κ1) is 22.9. The predicted molar refractivity (Wildman–Crippen MR) is 117 cm³/mol. The average Bonchev–Trinajstić information content (AvgIpc) is 3.05. The Morgan fingerprint density at radius 2 is 1.16 bits per heavy atom. The largest absolute Gasteiger partial charge is 0.147 e. The molecule has 0 radical (unpaired) electrons. The van der Waals surface area contributed by atoms with E-state index in [9.17, 15) is 0 Å². The van der Waals surface area contributed by atoms with E-state index in [1.54, 1.807) is 21.0 Å². The third-order valence-electron chi connectivity index (χ3n) is 6.33. The van der Waals surface area contributed by atoms with Gasteiger partial charge >= 0.3 is 144 Å². The molecule has 1 aromatic rings. The van der Waals surface area contributed by atoms with Crippen LogP contribution in [0, 0.1) is 0 Å². The summed E-state index contributed by atoms with van der Waals surface area (Å²) < 4.78 is 7.78. The molecule has 0 saturated heterocycles. The van der Waals surface area contributed by atoms with Crippen molar-refractivity contribution < 1.29 is 17.4 Å². The monoisotopic (exact) mass is 470 g/mol. The molecule has 0 saturated carbocycles. The van der Waals surface area contributed by atoms with Gasteiger partial charge in [-0.3, -0.25) is 0 Å². The molecule has 0 spiro atoms. The van der Waals surface area contributed by atoms with Gasteiger partial charge in [0.25, 0.3) is 0 Å². The molecule has 2 aliphatic rings. The molecule has 0 aromatic heterocycles. The Kier molecular flexibility index (Phi) is 7.19. The van der Waals surface area contributed by atoms with Crippen molar-refractivity contribution in [2.75, 3.05) is 0 Å². The minimum Gasteiger partial charge on any atom is -0.147 e. The first-order valence-electron chi connectivity index (χ1n) is 8.58. The molecule has 0 heterocycles. The van der Waals surface area contributed by atoms with Crippen molar-refractivity contribution in [2.24, 2.45) is 0 Å². The summed E-state index contributed by atoms with van der Waals surface area (Å²) in [4.78, 5) is 0. The summed E-state index contributed by atoms with van der Waals surface area (Å²) in [7, 11) is 0. The van der Waals surface area contributed by atoms with E-state index in [-0.39, 0.29) is 24.8 Å². The zero-order valence-corrected chi connectivity index (χ0v) is 21.5. The maximum atomic E-state index is 2.66. The third-order valence-corrected chi connectivity index (χ3v) is 28.9. The fraction of sp³-hybridized carbons (Fsp3) is 0.333. The number of allylic oxidation sites excluding steroid dienone is 8. The standard InChI is InChI=1S/2C7H9.C6H5.CH3.2ClH.H2Si.Zr/c2*1-6-4-3-5-7(6)2;1-2-4-6-5-3-1;;;;;/h2*4H,5H2,1-2H3;1-5H;1H3;2*1H;1H2;. The van der Waals surface area contributed by atoms with E-state index < -0.39 is 17.4 Å². The fourth-order valence-electron chi connectivity index (χ4n) is 4.06. The summed E-state index contributed by atoms with van der Waals surface area (Å²) in [5.74, 6) is 0. The summed E-state index contributed by atoms with van der Waals surface area (Å²) in [6.45, 7) is 11.5. The molecule has 0 fully saturated rings. The van der Waals surface area contributed by atoms with Crippen LogP contribution in [0.25, 0.3) is 0 Å². The maximum absolute atomic E-state index is 3.37. The minimum absolute atomic E-state index is 0. The van der Waals surface area contributed by atoms with Crippen LogP contribution in [0.15, 0.2) is 71.3 Å². The van der Waals surface area contributed by atoms with Crippen LogP contribution >= 0.6 is 24.8 Å². The molecule has 0 N–H and O–H groups in total. The number of rotatable bonds is 3. The quantitative estimate of drug-likeness (QED) is 0.496. The van der Waals surface area contributed by atoms with Gasteiger partial charge in [-0.2, -0.15) is 0 Å². The van der Waals surface area contributed by atoms with E-state index in [2.05, 4.69) is 81.7 Å². The summed E-state index contributed by atoms with van der Waals surface area (Å²) in [5, 5.41) is 0. The van der Waals surface area contributed by atoms with E-state index in [0.717, 1.165) is 0 Å². The maximum Gasteiger partial charge on any atom is -0.147 e. The molecule has 0 bridgehead atoms. The van der Waals surface area contributed by atoms with Crippen LogP contribution in [0.4, 0.5) is 0 Å². The number of benzene rings is 1. The van der Waals surface area contributed by atoms with Crippen molar-refractivity contribution in [3.05, 3.63) is 71.3 Å². The van der Waals surface area contributed by atoms with Gasteiger partial charge in [0.15, 0.2) is 0 Å². The Morgan fingerprint density at radius 1 is 0.760 bits per heavy atom. The molecule has 0 atom stereocenters. The molecule has 25 heavy (non-hydrogen) atoms. The van der Waals surface area contributed by atoms with E-state index in [1.165, 1.54) is 24.0 Å². The van der Waals surface area contributed by atoms with Gasteiger partial charge in [-0.05, 0) is 0 Å². The normalized spacial score (nSPS) is 17.8. The second-order valence-corrected chi connectivity index (χ2v) is 32.9. The molecule has 3 rings (SSSR count). The van der Waals surface area contributed by atoms with E-state index >= 15 is 0 Å². The van der Waals surface area contributed by atoms with Crippen LogP contribution in [0.3, 0.4) is 0 Å². The van der Waals surface area contributed by atoms with Gasteiger partial charge in [-0.15, -0.1) is 24.8 Å². The molecule has 0 nitrogen and oxygen atoms in total. The molecule has 2 aliphatic carbocycles. The van der Waals surface area contributed by atoms with E-state index in [0.29, 0.717) is 0 Å². The van der Waals surface area contributed by atoms with Crippen LogP contribution in [0.1, 0.15) is 40.5 Å². The van der Waals surface area contributed by atoms with Gasteiger partial charge in [0.1, 0.15) is 0 Å². The van der Waals surface area contributed by atoms with Crippen LogP contribution in [-0.2, 0) is 17.4 Å². The second kappa shape index (κ2) is 7.85. The average molecular weight is 473 g/mol. The molecule has 0 amide bonds. The van der Waals surface area contributed by atoms with Gasteiger partial charge in [-0.1, -0.05) is 0 Å². The van der Waals surface area contributed by atoms with Crippen molar-refractivity contribution in [3.63, 3.8) is 0 Å². The Hall–Kier alpha value is -0.140. The van der Waals surface area contributed by atoms with Gasteiger partial charge in [0, 0.05) is 0 Å². The van der Waals surface area contributed by atoms with Gasteiger partial charge in [0.05, 0.1) is 0 Å². The Labute approximate surface area is 167 Å². The van der Waals surface area contributed by atoms with E-state index in [4.69, 9.17) is 0 Å². The summed E-state index contributed by atoms with van der Waals surface area (Å²) in [6.07, 6.45) is 7.43. The third kappa shape index (κ3) is 3.65. The number of halogens is 2. The molecule has 4 heteroatoms. The molecule has 0 unspecified atom stereocenters. The second-order valence-electron chi connectivity index (χ2n) is 7.99. The summed E-state index contributed by atoms with van der Waals surface area (Å²) in [6, 6.07) is 11.4. The number of hydrogen-bond donors (Lipinski definition) is 0. The smallest absolute Gasteiger partial charge is 0.147 e. The predicted octanol–water partition coefficient (Wildman–Crippen LogP) is 5.69. The van der Waals surface area contributed by atoms with Gasteiger partial charge in [-0.25, -0.2) is 0 Å².